The van der Waals surface area contributed by atoms with Crippen LogP contribution in [0.3, 0.4) is 0 Å². The Balaban J connectivity index is 1.67. The van der Waals surface area contributed by atoms with Crippen molar-refractivity contribution in [2.24, 2.45) is 0 Å². The number of hydrogen-bond donors (Lipinski definition) is 4. The molecule has 0 aliphatic carbocycles. The largest absolute Gasteiger partial charge is 0.507 e. The zero-order valence-corrected chi connectivity index (χ0v) is 14.1. The Hall–Kier alpha value is -3.33. The summed E-state index contributed by atoms with van der Waals surface area (Å²) >= 11 is 5.07. The molecular weight excluding hydrogens is 360 g/mol. The van der Waals surface area contributed by atoms with Crippen LogP contribution in [0.2, 0.25) is 0 Å². The summed E-state index contributed by atoms with van der Waals surface area (Å²) in [5, 5.41) is 23.7. The second-order valence-corrected chi connectivity index (χ2v) is 5.71. The highest BCUT2D eigenvalue weighted by Crippen LogP contribution is 2.30. The Labute approximate surface area is 153 Å². The minimum Gasteiger partial charge on any atom is -0.507 e. The highest BCUT2D eigenvalue weighted by Gasteiger charge is 2.16. The van der Waals surface area contributed by atoms with Crippen LogP contribution < -0.4 is 20.1 Å². The van der Waals surface area contributed by atoms with Gasteiger partial charge in [0, 0.05) is 11.3 Å². The van der Waals surface area contributed by atoms with Crippen molar-refractivity contribution in [3.63, 3.8) is 0 Å². The first-order valence-electron chi connectivity index (χ1n) is 7.52. The van der Waals surface area contributed by atoms with Crippen molar-refractivity contribution >= 4 is 34.9 Å². The molecule has 134 valence electrons. The van der Waals surface area contributed by atoms with E-state index in [1.165, 1.54) is 18.2 Å². The molecule has 0 bridgehead atoms. The van der Waals surface area contributed by atoms with E-state index in [9.17, 15) is 14.7 Å². The van der Waals surface area contributed by atoms with Gasteiger partial charge in [0.2, 0.25) is 0 Å². The lowest BCUT2D eigenvalue weighted by Crippen LogP contribution is -2.34. The van der Waals surface area contributed by atoms with E-state index < -0.39 is 11.9 Å². The van der Waals surface area contributed by atoms with Crippen molar-refractivity contribution in [3.8, 4) is 17.2 Å². The number of ether oxygens (including phenoxy) is 2. The number of carbonyl (C=O) groups is 2. The fourth-order valence-electron chi connectivity index (χ4n) is 2.31. The van der Waals surface area contributed by atoms with Crippen LogP contribution in [0, 0.1) is 0 Å². The fourth-order valence-corrected chi connectivity index (χ4v) is 2.52. The second-order valence-electron chi connectivity index (χ2n) is 5.30. The summed E-state index contributed by atoms with van der Waals surface area (Å²) in [6, 6.07) is 8.63. The molecule has 2 aromatic carbocycles. The van der Waals surface area contributed by atoms with Crippen LogP contribution in [0.4, 0.5) is 5.69 Å². The molecule has 1 heterocycles. The lowest BCUT2D eigenvalue weighted by Gasteiger charge is -2.18. The molecule has 9 heteroatoms. The molecule has 1 aliphatic rings. The number of rotatable bonds is 3. The number of anilines is 1. The van der Waals surface area contributed by atoms with Gasteiger partial charge in [-0.1, -0.05) is 0 Å². The maximum Gasteiger partial charge on any atom is 0.339 e. The van der Waals surface area contributed by atoms with E-state index in [4.69, 9.17) is 26.8 Å². The zero-order valence-electron chi connectivity index (χ0n) is 13.3. The molecule has 0 spiro atoms. The summed E-state index contributed by atoms with van der Waals surface area (Å²) in [5.74, 6) is -1.06. The van der Waals surface area contributed by atoms with Gasteiger partial charge in [0.15, 0.2) is 16.6 Å². The maximum absolute atomic E-state index is 12.3. The third kappa shape index (κ3) is 3.83. The van der Waals surface area contributed by atoms with Crippen LogP contribution in [-0.4, -0.2) is 40.4 Å². The Morgan fingerprint density at radius 1 is 1.04 bits per heavy atom. The van der Waals surface area contributed by atoms with Crippen LogP contribution in [0.1, 0.15) is 20.7 Å². The molecular formula is C17H14N2O6S. The Kier molecular flexibility index (Phi) is 4.90. The van der Waals surface area contributed by atoms with Crippen LogP contribution in [0.25, 0.3) is 0 Å². The van der Waals surface area contributed by atoms with Crippen LogP contribution >= 0.6 is 12.2 Å². The number of thiocarbonyl (C=S) groups is 1. The standard InChI is InChI=1S/C17H14N2O6S/c20-12-3-2-10(8-11(12)16(22)23)18-17(26)19-15(21)9-1-4-13-14(7-9)25-6-5-24-13/h1-4,7-8,20H,5-6H2,(H,22,23)(H2,18,19,21,26). The van der Waals surface area contributed by atoms with E-state index in [0.717, 1.165) is 0 Å². The van der Waals surface area contributed by atoms with Crippen molar-refractivity contribution in [3.05, 3.63) is 47.5 Å². The van der Waals surface area contributed by atoms with Gasteiger partial charge < -0.3 is 25.0 Å². The van der Waals surface area contributed by atoms with E-state index in [2.05, 4.69) is 10.6 Å². The Bertz CT molecular complexity index is 899. The fraction of sp³-hybridized carbons (Fsp3) is 0.118. The third-order valence-corrected chi connectivity index (χ3v) is 3.72. The molecule has 4 N–H and O–H groups in total. The minimum atomic E-state index is -1.28. The minimum absolute atomic E-state index is 0.0214. The number of carboxylic acid groups (broad SMARTS) is 1. The highest BCUT2D eigenvalue weighted by atomic mass is 32.1. The van der Waals surface area contributed by atoms with E-state index in [-0.39, 0.29) is 16.4 Å². The molecule has 26 heavy (non-hydrogen) atoms. The molecule has 1 aliphatic heterocycles. The Morgan fingerprint density at radius 3 is 2.50 bits per heavy atom. The number of phenols is 1. The molecule has 0 saturated carbocycles. The molecule has 2 aromatic rings. The lowest BCUT2D eigenvalue weighted by atomic mass is 10.1. The predicted molar refractivity (Wildman–Crippen MR) is 96.2 cm³/mol. The quantitative estimate of drug-likeness (QED) is 0.476. The van der Waals surface area contributed by atoms with Crippen molar-refractivity contribution in [1.29, 1.82) is 0 Å². The topological polar surface area (TPSA) is 117 Å². The van der Waals surface area contributed by atoms with Gasteiger partial charge in [-0.2, -0.15) is 0 Å². The number of aromatic carboxylic acids is 1. The molecule has 0 fully saturated rings. The monoisotopic (exact) mass is 374 g/mol. The number of carboxylic acids is 1. The SMILES string of the molecule is O=C(NC(=S)Nc1ccc(O)c(C(=O)O)c1)c1ccc2c(c1)OCCO2. The smallest absolute Gasteiger partial charge is 0.339 e. The lowest BCUT2D eigenvalue weighted by molar-refractivity contribution is 0.0693. The number of hydrogen-bond acceptors (Lipinski definition) is 6. The number of nitrogens with one attached hydrogen (secondary N) is 2. The van der Waals surface area contributed by atoms with E-state index in [0.29, 0.717) is 36.0 Å². The van der Waals surface area contributed by atoms with E-state index >= 15 is 0 Å². The molecule has 0 saturated heterocycles. The number of carbonyl (C=O) groups excluding carboxylic acids is 1. The number of amides is 1. The van der Waals surface area contributed by atoms with Gasteiger partial charge in [-0.25, -0.2) is 4.79 Å². The molecule has 0 unspecified atom stereocenters. The van der Waals surface area contributed by atoms with Gasteiger partial charge in [0.25, 0.3) is 5.91 Å². The van der Waals surface area contributed by atoms with Gasteiger partial charge >= 0.3 is 5.97 Å². The number of benzene rings is 2. The summed E-state index contributed by atoms with van der Waals surface area (Å²) in [6.45, 7) is 0.863. The van der Waals surface area contributed by atoms with Crippen LogP contribution in [0.15, 0.2) is 36.4 Å². The average molecular weight is 374 g/mol. The molecule has 0 radical (unpaired) electrons. The average Bonchev–Trinajstić information content (AvgIpc) is 2.62. The summed E-state index contributed by atoms with van der Waals surface area (Å²) in [4.78, 5) is 23.3. The van der Waals surface area contributed by atoms with E-state index in [1.807, 2.05) is 0 Å². The summed E-state index contributed by atoms with van der Waals surface area (Å²) in [6.07, 6.45) is 0. The molecule has 0 atom stereocenters. The molecule has 3 rings (SSSR count). The summed E-state index contributed by atoms with van der Waals surface area (Å²) in [5.41, 5.74) is 0.360. The van der Waals surface area contributed by atoms with Gasteiger partial charge in [0.05, 0.1) is 0 Å². The summed E-state index contributed by atoms with van der Waals surface area (Å²) in [7, 11) is 0. The number of aromatic hydroxyl groups is 1. The second kappa shape index (κ2) is 7.28. The van der Waals surface area contributed by atoms with Gasteiger partial charge in [-0.05, 0) is 48.6 Å². The molecule has 8 nitrogen and oxygen atoms in total. The van der Waals surface area contributed by atoms with Crippen LogP contribution in [0.5, 0.6) is 17.2 Å². The first-order valence-corrected chi connectivity index (χ1v) is 7.93. The molecule has 0 aromatic heterocycles. The third-order valence-electron chi connectivity index (χ3n) is 3.52. The predicted octanol–water partition coefficient (Wildman–Crippen LogP) is 1.99. The Morgan fingerprint density at radius 2 is 1.77 bits per heavy atom. The van der Waals surface area contributed by atoms with E-state index in [1.54, 1.807) is 18.2 Å². The highest BCUT2D eigenvalue weighted by molar-refractivity contribution is 7.80. The van der Waals surface area contributed by atoms with Crippen molar-refractivity contribution in [2.75, 3.05) is 18.5 Å². The molecule has 1 amide bonds. The van der Waals surface area contributed by atoms with Crippen molar-refractivity contribution in [2.45, 2.75) is 0 Å². The van der Waals surface area contributed by atoms with Gasteiger partial charge in [-0.3, -0.25) is 10.1 Å². The van der Waals surface area contributed by atoms with Crippen molar-refractivity contribution < 1.29 is 29.3 Å². The summed E-state index contributed by atoms with van der Waals surface area (Å²) < 4.78 is 10.8. The normalized spacial score (nSPS) is 12.2. The van der Waals surface area contributed by atoms with Gasteiger partial charge in [-0.15, -0.1) is 0 Å². The zero-order chi connectivity index (χ0) is 18.7. The number of fused-ring (bicyclic) bond motifs is 1. The first kappa shape index (κ1) is 17.5. The van der Waals surface area contributed by atoms with Crippen molar-refractivity contribution in [1.82, 2.24) is 5.32 Å². The van der Waals surface area contributed by atoms with Gasteiger partial charge in [0.1, 0.15) is 24.5 Å². The van der Waals surface area contributed by atoms with Crippen LogP contribution in [-0.2, 0) is 0 Å². The first-order chi connectivity index (χ1) is 12.4. The maximum atomic E-state index is 12.3.